The number of nitriles is 1. The lowest BCUT2D eigenvalue weighted by Gasteiger charge is -1.87. The molecule has 2 heteroatoms. The van der Waals surface area contributed by atoms with Crippen LogP contribution in [0, 0.1) is 11.1 Å². The first kappa shape index (κ1) is 6.26. The molecule has 0 amide bonds. The molecule has 1 atom stereocenters. The maximum Gasteiger partial charge on any atom is 0.0887 e. The van der Waals surface area contributed by atoms with Crippen LogP contribution >= 0.6 is 8.58 Å². The molecular formula is C7H6NP. The number of hydrogen-bond donors (Lipinski definition) is 0. The lowest BCUT2D eigenvalue weighted by atomic mass is 10.4. The number of nitrogens with zero attached hydrogens (tertiary/aromatic N) is 1. The molecule has 0 saturated carbocycles. The predicted octanol–water partition coefficient (Wildman–Crippen LogP) is 1.47. The Hall–Kier alpha value is -0.860. The molecule has 0 fully saturated rings. The van der Waals surface area contributed by atoms with Crippen LogP contribution in [0.3, 0.4) is 0 Å². The molecule has 0 aliphatic heterocycles. The van der Waals surface area contributed by atoms with Gasteiger partial charge in [-0.25, -0.2) is 0 Å². The molecule has 0 N–H and O–H groups in total. The van der Waals surface area contributed by atoms with Crippen LogP contribution in [0.25, 0.3) is 0 Å². The molecule has 1 nitrogen and oxygen atoms in total. The van der Waals surface area contributed by atoms with E-state index in [1.54, 1.807) is 0 Å². The van der Waals surface area contributed by atoms with Crippen LogP contribution in [0.15, 0.2) is 30.3 Å². The van der Waals surface area contributed by atoms with Crippen LogP contribution < -0.4 is 5.30 Å². The van der Waals surface area contributed by atoms with Gasteiger partial charge >= 0.3 is 0 Å². The zero-order valence-electron chi connectivity index (χ0n) is 4.83. The van der Waals surface area contributed by atoms with E-state index < -0.39 is 0 Å². The average molecular weight is 135 g/mol. The van der Waals surface area contributed by atoms with Gasteiger partial charge in [0.05, 0.1) is 5.81 Å². The summed E-state index contributed by atoms with van der Waals surface area (Å²) in [4.78, 5) is 0. The maximum absolute atomic E-state index is 8.28. The van der Waals surface area contributed by atoms with Crippen LogP contribution in [-0.4, -0.2) is 0 Å². The lowest BCUT2D eigenvalue weighted by molar-refractivity contribution is 1.57. The Kier molecular flexibility index (Phi) is 2.24. The minimum absolute atomic E-state index is 0.293. The Bertz CT molecular complexity index is 212. The van der Waals surface area contributed by atoms with Crippen LogP contribution in [-0.2, 0) is 0 Å². The zero-order chi connectivity index (χ0) is 6.53. The highest BCUT2D eigenvalue weighted by Gasteiger charge is 1.84. The van der Waals surface area contributed by atoms with E-state index in [-0.39, 0.29) is 0 Å². The summed E-state index contributed by atoms with van der Waals surface area (Å²) in [5, 5.41) is 9.39. The highest BCUT2D eigenvalue weighted by Crippen LogP contribution is 2.04. The van der Waals surface area contributed by atoms with E-state index in [4.69, 9.17) is 5.26 Å². The molecule has 0 radical (unpaired) electrons. The van der Waals surface area contributed by atoms with Crippen molar-refractivity contribution in [3.8, 4) is 5.81 Å². The third kappa shape index (κ3) is 1.83. The minimum Gasteiger partial charge on any atom is -0.193 e. The van der Waals surface area contributed by atoms with Gasteiger partial charge < -0.3 is 0 Å². The second-order valence-electron chi connectivity index (χ2n) is 1.60. The van der Waals surface area contributed by atoms with Crippen LogP contribution in [0.2, 0.25) is 0 Å². The Morgan fingerprint density at radius 3 is 2.44 bits per heavy atom. The first-order valence-electron chi connectivity index (χ1n) is 2.63. The zero-order valence-corrected chi connectivity index (χ0v) is 5.83. The van der Waals surface area contributed by atoms with Gasteiger partial charge in [0.25, 0.3) is 0 Å². The highest BCUT2D eigenvalue weighted by atomic mass is 31.1. The summed E-state index contributed by atoms with van der Waals surface area (Å²) in [5.74, 6) is 2.11. The number of rotatable bonds is 1. The summed E-state index contributed by atoms with van der Waals surface area (Å²) in [6.45, 7) is 0. The molecule has 0 aliphatic rings. The first-order chi connectivity index (χ1) is 4.43. The van der Waals surface area contributed by atoms with Crippen molar-refractivity contribution in [1.29, 1.82) is 5.26 Å². The van der Waals surface area contributed by atoms with E-state index in [1.807, 2.05) is 30.3 Å². The SMILES string of the molecule is N#CPc1ccccc1. The third-order valence-electron chi connectivity index (χ3n) is 0.974. The van der Waals surface area contributed by atoms with Crippen LogP contribution in [0.5, 0.6) is 0 Å². The van der Waals surface area contributed by atoms with Crippen molar-refractivity contribution in [2.45, 2.75) is 0 Å². The van der Waals surface area contributed by atoms with E-state index in [9.17, 15) is 0 Å². The van der Waals surface area contributed by atoms with Crippen LogP contribution in [0.1, 0.15) is 0 Å². The van der Waals surface area contributed by atoms with Crippen molar-refractivity contribution in [2.75, 3.05) is 0 Å². The molecule has 0 aromatic heterocycles. The summed E-state index contributed by atoms with van der Waals surface area (Å²) in [7, 11) is 0.293. The second kappa shape index (κ2) is 3.22. The normalized spacial score (nSPS) is 9.67. The van der Waals surface area contributed by atoms with Gasteiger partial charge in [0, 0.05) is 8.58 Å². The van der Waals surface area contributed by atoms with Gasteiger partial charge in [-0.15, -0.1) is 0 Å². The molecule has 1 unspecified atom stereocenters. The molecule has 0 spiro atoms. The molecule has 1 rings (SSSR count). The van der Waals surface area contributed by atoms with Gasteiger partial charge in [0.15, 0.2) is 0 Å². The van der Waals surface area contributed by atoms with Gasteiger partial charge in [0.1, 0.15) is 0 Å². The molecule has 0 saturated heterocycles. The van der Waals surface area contributed by atoms with Crippen molar-refractivity contribution >= 4 is 13.9 Å². The molecule has 9 heavy (non-hydrogen) atoms. The van der Waals surface area contributed by atoms with E-state index in [2.05, 4.69) is 5.81 Å². The molecular weight excluding hydrogens is 129 g/mol. The Morgan fingerprint density at radius 2 is 1.89 bits per heavy atom. The fraction of sp³-hybridized carbons (Fsp3) is 0. The molecule has 44 valence electrons. The molecule has 0 bridgehead atoms. The quantitative estimate of drug-likeness (QED) is 0.535. The number of benzene rings is 1. The maximum atomic E-state index is 8.28. The third-order valence-corrected chi connectivity index (χ3v) is 1.71. The monoisotopic (exact) mass is 135 g/mol. The standard InChI is InChI=1S/C7H6NP/c8-6-9-7-4-2-1-3-5-7/h1-5,9H. The predicted molar refractivity (Wildman–Crippen MR) is 40.0 cm³/mol. The summed E-state index contributed by atoms with van der Waals surface area (Å²) < 4.78 is 0. The van der Waals surface area contributed by atoms with Gasteiger partial charge in [-0.3, -0.25) is 0 Å². The summed E-state index contributed by atoms with van der Waals surface area (Å²) >= 11 is 0. The van der Waals surface area contributed by atoms with Gasteiger partial charge in [0.2, 0.25) is 0 Å². The summed E-state index contributed by atoms with van der Waals surface area (Å²) in [6, 6.07) is 9.76. The van der Waals surface area contributed by atoms with Crippen molar-refractivity contribution < 1.29 is 0 Å². The van der Waals surface area contributed by atoms with Crippen LogP contribution in [0.4, 0.5) is 0 Å². The average Bonchev–Trinajstić information content (AvgIpc) is 1.91. The van der Waals surface area contributed by atoms with Crippen molar-refractivity contribution in [3.05, 3.63) is 30.3 Å². The fourth-order valence-corrected chi connectivity index (χ4v) is 1.07. The van der Waals surface area contributed by atoms with E-state index in [0.717, 1.165) is 5.30 Å². The Balaban J connectivity index is 2.76. The molecule has 1 aromatic carbocycles. The van der Waals surface area contributed by atoms with E-state index in [1.165, 1.54) is 0 Å². The Morgan fingerprint density at radius 1 is 1.22 bits per heavy atom. The van der Waals surface area contributed by atoms with Gasteiger partial charge in [-0.2, -0.15) is 5.26 Å². The molecule has 0 heterocycles. The largest absolute Gasteiger partial charge is 0.193 e. The smallest absolute Gasteiger partial charge is 0.0887 e. The summed E-state index contributed by atoms with van der Waals surface area (Å²) in [5.41, 5.74) is 0. The van der Waals surface area contributed by atoms with Gasteiger partial charge in [-0.05, 0) is 5.30 Å². The van der Waals surface area contributed by atoms with Crippen molar-refractivity contribution in [1.82, 2.24) is 0 Å². The van der Waals surface area contributed by atoms with E-state index in [0.29, 0.717) is 8.58 Å². The molecule has 1 aromatic rings. The second-order valence-corrected chi connectivity index (χ2v) is 2.65. The molecule has 0 aliphatic carbocycles. The lowest BCUT2D eigenvalue weighted by Crippen LogP contribution is -1.87. The minimum atomic E-state index is 0.293. The van der Waals surface area contributed by atoms with E-state index >= 15 is 0 Å². The Labute approximate surface area is 56.1 Å². The fourth-order valence-electron chi connectivity index (χ4n) is 0.586. The number of hydrogen-bond acceptors (Lipinski definition) is 1. The summed E-state index contributed by atoms with van der Waals surface area (Å²) in [6.07, 6.45) is 0. The van der Waals surface area contributed by atoms with Crippen molar-refractivity contribution in [2.24, 2.45) is 0 Å². The highest BCUT2D eigenvalue weighted by molar-refractivity contribution is 7.52. The van der Waals surface area contributed by atoms with Crippen molar-refractivity contribution in [3.63, 3.8) is 0 Å². The topological polar surface area (TPSA) is 23.8 Å². The van der Waals surface area contributed by atoms with Gasteiger partial charge in [-0.1, -0.05) is 30.3 Å². The first-order valence-corrected chi connectivity index (χ1v) is 3.63.